The predicted molar refractivity (Wildman–Crippen MR) is 129 cm³/mol. The van der Waals surface area contributed by atoms with E-state index < -0.39 is 29.6 Å². The van der Waals surface area contributed by atoms with Crippen LogP contribution in [0.5, 0.6) is 0 Å². The lowest BCUT2D eigenvalue weighted by Gasteiger charge is -2.58. The van der Waals surface area contributed by atoms with Gasteiger partial charge in [0.05, 0.1) is 11.7 Å². The Morgan fingerprint density at radius 3 is 2.66 bits per heavy atom. The van der Waals surface area contributed by atoms with Crippen molar-refractivity contribution in [2.75, 3.05) is 13.2 Å². The summed E-state index contributed by atoms with van der Waals surface area (Å²) in [6.45, 7) is 6.30. The number of β-amino-alcohol motifs (C(OH)–C–C–N with tert-alkyl or cyclic N) is 1. The number of aliphatic hydroxyl groups is 2. The van der Waals surface area contributed by atoms with E-state index in [9.17, 15) is 24.9 Å². The zero-order chi connectivity index (χ0) is 25.2. The third-order valence-corrected chi connectivity index (χ3v) is 10.4. The van der Waals surface area contributed by atoms with Crippen LogP contribution in [0.4, 0.5) is 0 Å². The van der Waals surface area contributed by atoms with Crippen LogP contribution >= 0.6 is 0 Å². The Morgan fingerprint density at radius 2 is 1.91 bits per heavy atom. The maximum absolute atomic E-state index is 12.5. The highest BCUT2D eigenvalue weighted by molar-refractivity contribution is 6.05. The number of likely N-dealkylation sites (tertiary alicyclic amines) is 1. The molecule has 4 aliphatic carbocycles. The first-order valence-electron chi connectivity index (χ1n) is 13.0. The monoisotopic (exact) mass is 486 g/mol. The zero-order valence-electron chi connectivity index (χ0n) is 20.9. The summed E-state index contributed by atoms with van der Waals surface area (Å²) < 4.78 is 0. The van der Waals surface area contributed by atoms with Gasteiger partial charge in [0, 0.05) is 18.4 Å². The molecule has 3 N–H and O–H groups in total. The first-order valence-corrected chi connectivity index (χ1v) is 13.0. The van der Waals surface area contributed by atoms with Gasteiger partial charge in [-0.25, -0.2) is 4.79 Å². The molecular weight excluding hydrogens is 448 g/mol. The molecule has 5 aliphatic rings. The SMILES string of the molecule is C[C@]12C=C/C(=N\OCC(=O)N3C[C@H](O)C[C@@H]3C(=O)O)C=C1CC[C@@H]1[C@@H]2CC[C@@]2(C)[C@H]1CC[C@]2(C)O. The zero-order valence-corrected chi connectivity index (χ0v) is 20.9. The number of aliphatic carboxylic acids is 1. The van der Waals surface area contributed by atoms with Crippen LogP contribution in [0.25, 0.3) is 0 Å². The molecule has 3 saturated carbocycles. The van der Waals surface area contributed by atoms with Crippen molar-refractivity contribution >= 4 is 17.6 Å². The molecule has 1 amide bonds. The first kappa shape index (κ1) is 24.5. The summed E-state index contributed by atoms with van der Waals surface area (Å²) in [5.41, 5.74) is 1.39. The van der Waals surface area contributed by atoms with Crippen molar-refractivity contribution < 1.29 is 29.7 Å². The van der Waals surface area contributed by atoms with Gasteiger partial charge in [-0.15, -0.1) is 0 Å². The van der Waals surface area contributed by atoms with Crippen molar-refractivity contribution in [3.63, 3.8) is 0 Å². The Morgan fingerprint density at radius 1 is 1.17 bits per heavy atom. The molecule has 1 aliphatic heterocycles. The maximum atomic E-state index is 12.5. The van der Waals surface area contributed by atoms with E-state index in [-0.39, 0.29) is 30.4 Å². The third-order valence-electron chi connectivity index (χ3n) is 10.4. The summed E-state index contributed by atoms with van der Waals surface area (Å²) in [5.74, 6) is 0.101. The molecule has 0 aromatic rings. The molecule has 0 aromatic carbocycles. The minimum absolute atomic E-state index is 0.00214. The smallest absolute Gasteiger partial charge is 0.326 e. The molecule has 0 spiro atoms. The van der Waals surface area contributed by atoms with E-state index in [1.807, 2.05) is 13.0 Å². The average molecular weight is 487 g/mol. The minimum atomic E-state index is -1.12. The van der Waals surface area contributed by atoms with Crippen LogP contribution in [0.1, 0.15) is 65.7 Å². The number of amides is 1. The van der Waals surface area contributed by atoms with Gasteiger partial charge in [0.2, 0.25) is 0 Å². The summed E-state index contributed by atoms with van der Waals surface area (Å²) in [6, 6.07) is -1.03. The summed E-state index contributed by atoms with van der Waals surface area (Å²) in [4.78, 5) is 30.3. The quantitative estimate of drug-likeness (QED) is 0.526. The van der Waals surface area contributed by atoms with E-state index in [2.05, 4.69) is 31.2 Å². The number of carbonyl (C=O) groups is 2. The number of nitrogens with zero attached hydrogens (tertiary/aromatic N) is 2. The van der Waals surface area contributed by atoms with Gasteiger partial charge in [0.15, 0.2) is 6.61 Å². The molecule has 0 bridgehead atoms. The Hall–Kier alpha value is -2.19. The Kier molecular flexibility index (Phi) is 5.91. The van der Waals surface area contributed by atoms with Gasteiger partial charge in [-0.05, 0) is 80.8 Å². The van der Waals surface area contributed by atoms with E-state index in [1.54, 1.807) is 0 Å². The molecule has 8 heteroatoms. The van der Waals surface area contributed by atoms with E-state index in [1.165, 1.54) is 5.57 Å². The molecule has 8 nitrogen and oxygen atoms in total. The van der Waals surface area contributed by atoms with E-state index in [0.717, 1.165) is 43.4 Å². The molecule has 192 valence electrons. The van der Waals surface area contributed by atoms with Crippen LogP contribution in [0.2, 0.25) is 0 Å². The number of carboxylic acid groups (broad SMARTS) is 1. The van der Waals surface area contributed by atoms with Gasteiger partial charge in [-0.1, -0.05) is 30.7 Å². The van der Waals surface area contributed by atoms with Gasteiger partial charge in [-0.2, -0.15) is 0 Å². The number of rotatable bonds is 4. The highest BCUT2D eigenvalue weighted by Crippen LogP contribution is 2.66. The molecule has 5 rings (SSSR count). The van der Waals surface area contributed by atoms with E-state index in [0.29, 0.717) is 23.5 Å². The number of allylic oxidation sites excluding steroid dienone is 4. The fourth-order valence-corrected chi connectivity index (χ4v) is 8.08. The lowest BCUT2D eigenvalue weighted by Crippen LogP contribution is -2.53. The molecule has 0 radical (unpaired) electrons. The summed E-state index contributed by atoms with van der Waals surface area (Å²) in [5, 5.41) is 34.3. The van der Waals surface area contributed by atoms with Crippen LogP contribution in [0.15, 0.2) is 29.0 Å². The maximum Gasteiger partial charge on any atom is 0.326 e. The number of aliphatic hydroxyl groups excluding tert-OH is 1. The second-order valence-corrected chi connectivity index (χ2v) is 12.0. The van der Waals surface area contributed by atoms with E-state index in [4.69, 9.17) is 4.84 Å². The lowest BCUT2D eigenvalue weighted by atomic mass is 9.47. The molecule has 35 heavy (non-hydrogen) atoms. The van der Waals surface area contributed by atoms with Crippen LogP contribution in [0.3, 0.4) is 0 Å². The van der Waals surface area contributed by atoms with E-state index >= 15 is 0 Å². The second-order valence-electron chi connectivity index (χ2n) is 12.0. The molecule has 4 fully saturated rings. The Balaban J connectivity index is 1.25. The largest absolute Gasteiger partial charge is 0.480 e. The fraction of sp³-hybridized carbons (Fsp3) is 0.741. The van der Waals surface area contributed by atoms with Crippen LogP contribution in [-0.4, -0.2) is 68.7 Å². The number of hydrogen-bond donors (Lipinski definition) is 3. The summed E-state index contributed by atoms with van der Waals surface area (Å²) in [7, 11) is 0. The Labute approximate surface area is 206 Å². The van der Waals surface area contributed by atoms with Gasteiger partial charge in [0.1, 0.15) is 11.8 Å². The highest BCUT2D eigenvalue weighted by Gasteiger charge is 2.62. The lowest BCUT2D eigenvalue weighted by molar-refractivity contribution is -0.150. The van der Waals surface area contributed by atoms with Crippen LogP contribution in [-0.2, 0) is 14.4 Å². The summed E-state index contributed by atoms with van der Waals surface area (Å²) >= 11 is 0. The fourth-order valence-electron chi connectivity index (χ4n) is 8.08. The number of hydrogen-bond acceptors (Lipinski definition) is 6. The Bertz CT molecular complexity index is 1000. The number of carbonyl (C=O) groups excluding carboxylic acids is 1. The predicted octanol–water partition coefficient (Wildman–Crippen LogP) is 2.90. The van der Waals surface area contributed by atoms with Crippen molar-refractivity contribution in [3.05, 3.63) is 23.8 Å². The molecule has 0 aromatic heterocycles. The molecule has 8 atom stereocenters. The number of oxime groups is 1. The van der Waals surface area contributed by atoms with Gasteiger partial charge >= 0.3 is 5.97 Å². The van der Waals surface area contributed by atoms with Crippen molar-refractivity contribution in [2.24, 2.45) is 33.7 Å². The molecule has 1 saturated heterocycles. The van der Waals surface area contributed by atoms with Crippen molar-refractivity contribution in [1.82, 2.24) is 4.90 Å². The highest BCUT2D eigenvalue weighted by atomic mass is 16.6. The topological polar surface area (TPSA) is 120 Å². The first-order chi connectivity index (χ1) is 16.5. The minimum Gasteiger partial charge on any atom is -0.480 e. The average Bonchev–Trinajstić information content (AvgIpc) is 3.31. The molecule has 1 heterocycles. The normalized spacial score (nSPS) is 45.5. The van der Waals surface area contributed by atoms with Gasteiger partial charge in [0.25, 0.3) is 5.91 Å². The van der Waals surface area contributed by atoms with Crippen molar-refractivity contribution in [1.29, 1.82) is 0 Å². The second kappa shape index (κ2) is 8.44. The number of fused-ring (bicyclic) bond motifs is 5. The third kappa shape index (κ3) is 3.84. The summed E-state index contributed by atoms with van der Waals surface area (Å²) in [6.07, 6.45) is 11.8. The number of carboxylic acids is 1. The van der Waals surface area contributed by atoms with Crippen molar-refractivity contribution in [2.45, 2.75) is 83.5 Å². The van der Waals surface area contributed by atoms with Gasteiger partial charge in [-0.3, -0.25) is 4.79 Å². The van der Waals surface area contributed by atoms with Gasteiger partial charge < -0.3 is 25.1 Å². The molecular formula is C27H38N2O6. The standard InChI is InChI=1S/C27H38N2O6/c1-25-9-6-17(28-35-15-23(31)29-14-18(30)13-22(29)24(32)33)12-16(25)4-5-19-20(25)7-10-26(2)21(19)8-11-27(26,3)34/h6,9,12,18-22,30,34H,4-5,7-8,10-11,13-15H2,1-3H3,(H,32,33)/b28-17+/t18-,19-,20+,21+,22-,25+,26+,27+/m1/s1. The van der Waals surface area contributed by atoms with Crippen molar-refractivity contribution in [3.8, 4) is 0 Å². The van der Waals surface area contributed by atoms with Crippen LogP contribution in [0, 0.1) is 28.6 Å². The van der Waals surface area contributed by atoms with Crippen LogP contribution < -0.4 is 0 Å². The molecule has 0 unspecified atom stereocenters.